The van der Waals surface area contributed by atoms with E-state index in [0.717, 1.165) is 28.4 Å². The lowest BCUT2D eigenvalue weighted by molar-refractivity contribution is 0.590. The minimum absolute atomic E-state index is 0.151. The Morgan fingerprint density at radius 1 is 0.169 bits per heavy atom. The van der Waals surface area contributed by atoms with Crippen LogP contribution in [-0.4, -0.2) is 46.5 Å². The minimum Gasteiger partial charge on any atom is -0.343 e. The lowest BCUT2D eigenvalue weighted by Crippen LogP contribution is -2.14. The molecule has 0 radical (unpaired) electrons. The van der Waals surface area contributed by atoms with Crippen molar-refractivity contribution in [2.45, 2.75) is 26.2 Å². The zero-order chi connectivity index (χ0) is 88.2. The van der Waals surface area contributed by atoms with E-state index in [2.05, 4.69) is 566 Å². The van der Waals surface area contributed by atoms with Crippen molar-refractivity contribution in [3.05, 3.63) is 485 Å². The van der Waals surface area contributed by atoms with Crippen molar-refractivity contribution in [1.29, 1.82) is 0 Å². The molecule has 0 aliphatic carbocycles. The van der Waals surface area contributed by atoms with Crippen molar-refractivity contribution in [3.63, 3.8) is 0 Å². The summed E-state index contributed by atoms with van der Waals surface area (Å²) < 4.78 is 9.55. The zero-order valence-electron chi connectivity index (χ0n) is 74.2. The Kier molecular flexibility index (Phi) is 22.6. The van der Waals surface area contributed by atoms with Gasteiger partial charge in [0, 0.05) is 99.6 Å². The lowest BCUT2D eigenvalue weighted by atomic mass is 9.87. The van der Waals surface area contributed by atoms with Gasteiger partial charge >= 0.3 is 0 Å². The van der Waals surface area contributed by atoms with Gasteiger partial charge in [0.15, 0.2) is 0 Å². The molecule has 0 unspecified atom stereocenters. The van der Waals surface area contributed by atoms with Crippen LogP contribution in [0, 0.1) is 0 Å². The van der Waals surface area contributed by atoms with Crippen molar-refractivity contribution in [1.82, 2.24) is 18.3 Å². The molecule has 0 saturated heterocycles. The van der Waals surface area contributed by atoms with E-state index in [9.17, 15) is 0 Å². The molecule has 0 saturated carbocycles. The van der Waals surface area contributed by atoms with Crippen molar-refractivity contribution < 1.29 is 0 Å². The van der Waals surface area contributed by atoms with Gasteiger partial charge in [-0.2, -0.15) is 0 Å². The quantitative estimate of drug-likeness (QED) is 0.102. The zero-order valence-corrected chi connectivity index (χ0v) is 74.2. The van der Waals surface area contributed by atoms with Gasteiger partial charge in [-0.3, -0.25) is 0 Å². The van der Waals surface area contributed by atoms with Crippen LogP contribution < -0.4 is 19.6 Å². The molecule has 0 aliphatic heterocycles. The topological polar surface area (TPSA) is 32.7 Å². The summed E-state index contributed by atoms with van der Waals surface area (Å²) in [5.74, 6) is 0. The maximum absolute atomic E-state index is 2.39. The van der Waals surface area contributed by atoms with Crippen molar-refractivity contribution in [2.75, 3.05) is 47.8 Å². The fraction of sp³-hybridized carbons (Fsp3) is 0.0656. The van der Waals surface area contributed by atoms with Crippen LogP contribution in [0.2, 0.25) is 0 Å². The van der Waals surface area contributed by atoms with Gasteiger partial charge in [0.1, 0.15) is 0 Å². The van der Waals surface area contributed by atoms with Crippen molar-refractivity contribution in [2.24, 2.45) is 0 Å². The van der Waals surface area contributed by atoms with Crippen LogP contribution in [0.15, 0.2) is 479 Å². The Balaban J connectivity index is 0.000000108. The standard InChI is InChI=1S/3C31H24N2.C29H28N2/c1-32(27-18-8-5-15-24(27)23-13-3-2-4-14-23)30-21-11-12-22-31(30)33-28-19-9-6-16-25(28)26-17-7-10-20-29(26)33;1-32(25-15-11-14-24(22-25)23-12-3-2-4-13-23)30-20-9-10-21-31(30)33-28-18-7-5-16-26(28)27-17-6-8-19-29(27)33;1-32(25-21-19-24(20-22-25)23-11-3-2-4-12-23)30-17-9-10-18-31(30)33-28-15-7-5-13-26(28)27-14-6-8-16-29(27)33;1-29(2,3)21-17-19-22(20-18-21)30(4)27-15-9-10-16-28(27)31-25-13-7-5-11-23(25)24-12-6-8-14-26(24)31/h3*2-22H,1H3;5-20H,1-4H3. The number of aromatic nitrogens is 4. The molecule has 0 spiro atoms. The Morgan fingerprint density at radius 3 is 0.723 bits per heavy atom. The summed E-state index contributed by atoms with van der Waals surface area (Å²) in [6.07, 6.45) is 0. The number of fused-ring (bicyclic) bond motifs is 12. The van der Waals surface area contributed by atoms with Gasteiger partial charge < -0.3 is 37.9 Å². The Bertz CT molecular complexity index is 7760. The average molecular weight is 1680 g/mol. The van der Waals surface area contributed by atoms with Crippen LogP contribution in [-0.2, 0) is 5.41 Å². The molecule has 4 aromatic heterocycles. The number of para-hydroxylation sites is 17. The van der Waals surface area contributed by atoms with E-state index in [1.807, 2.05) is 0 Å². The fourth-order valence-corrected chi connectivity index (χ4v) is 18.9. The monoisotopic (exact) mass is 1680 g/mol. The molecule has 0 bridgehead atoms. The molecular formula is C122H100N8. The van der Waals surface area contributed by atoms with Crippen LogP contribution >= 0.6 is 0 Å². The molecule has 8 heteroatoms. The number of hydrogen-bond acceptors (Lipinski definition) is 4. The van der Waals surface area contributed by atoms with Gasteiger partial charge in [-0.1, -0.05) is 360 Å². The van der Waals surface area contributed by atoms with E-state index in [-0.39, 0.29) is 5.41 Å². The van der Waals surface area contributed by atoms with Gasteiger partial charge in [-0.15, -0.1) is 0 Å². The largest absolute Gasteiger partial charge is 0.343 e. The van der Waals surface area contributed by atoms with Gasteiger partial charge in [-0.05, 0) is 178 Å². The third kappa shape index (κ3) is 15.7. The first kappa shape index (κ1) is 81.9. The molecule has 4 heterocycles. The molecule has 0 atom stereocenters. The Hall–Kier alpha value is -16.4. The predicted octanol–water partition coefficient (Wildman–Crippen LogP) is 32.5. The Morgan fingerprint density at radius 2 is 0.400 bits per heavy atom. The molecule has 23 rings (SSSR count). The number of nitrogens with zero attached hydrogens (tertiary/aromatic N) is 8. The summed E-state index contributed by atoms with van der Waals surface area (Å²) in [6, 6.07) is 171. The van der Waals surface area contributed by atoms with Crippen LogP contribution in [0.4, 0.5) is 45.5 Å². The highest BCUT2D eigenvalue weighted by atomic mass is 15.2. The van der Waals surface area contributed by atoms with Crippen LogP contribution in [0.3, 0.4) is 0 Å². The molecule has 130 heavy (non-hydrogen) atoms. The van der Waals surface area contributed by atoms with Crippen molar-refractivity contribution in [3.8, 4) is 56.1 Å². The van der Waals surface area contributed by atoms with E-state index in [1.165, 1.54) is 166 Å². The smallest absolute Gasteiger partial charge is 0.0699 e. The van der Waals surface area contributed by atoms with E-state index in [0.29, 0.717) is 0 Å². The first-order valence-electron chi connectivity index (χ1n) is 44.7. The number of benzene rings is 19. The molecule has 8 nitrogen and oxygen atoms in total. The van der Waals surface area contributed by atoms with E-state index < -0.39 is 0 Å². The van der Waals surface area contributed by atoms with E-state index in [1.54, 1.807) is 0 Å². The SMILES string of the molecule is CN(c1ccc(-c2ccccc2)cc1)c1ccccc1-n1c2ccccc2c2ccccc21.CN(c1ccc(C(C)(C)C)cc1)c1ccccc1-n1c2ccccc2c2ccccc21.CN(c1cccc(-c2ccccc2)c1)c1ccccc1-n1c2ccccc2c2ccccc21.CN(c1ccccc1-c1ccccc1)c1ccccc1-n1c2ccccc2c2ccccc21. The van der Waals surface area contributed by atoms with E-state index >= 15 is 0 Å². The van der Waals surface area contributed by atoms with Gasteiger partial charge in [0.05, 0.1) is 89.6 Å². The third-order valence-corrected chi connectivity index (χ3v) is 25.4. The summed E-state index contributed by atoms with van der Waals surface area (Å²) in [5.41, 5.74) is 32.6. The number of anilines is 8. The normalized spacial score (nSPS) is 11.3. The van der Waals surface area contributed by atoms with Crippen LogP contribution in [0.25, 0.3) is 143 Å². The molecule has 0 aliphatic rings. The first-order valence-corrected chi connectivity index (χ1v) is 44.7. The minimum atomic E-state index is 0.151. The summed E-state index contributed by atoms with van der Waals surface area (Å²) in [7, 11) is 8.61. The molecule has 19 aromatic carbocycles. The molecule has 0 amide bonds. The summed E-state index contributed by atoms with van der Waals surface area (Å²) in [4.78, 5) is 9.14. The third-order valence-electron chi connectivity index (χ3n) is 25.4. The highest BCUT2D eigenvalue weighted by Crippen LogP contribution is 2.45. The molecule has 628 valence electrons. The second-order valence-electron chi connectivity index (χ2n) is 34.2. The second-order valence-corrected chi connectivity index (χ2v) is 34.2. The average Bonchev–Trinajstić information content (AvgIpc) is 1.61. The molecular weight excluding hydrogens is 1580 g/mol. The number of rotatable bonds is 15. The predicted molar refractivity (Wildman–Crippen MR) is 556 cm³/mol. The summed E-state index contributed by atoms with van der Waals surface area (Å²) in [6.45, 7) is 6.76. The fourth-order valence-electron chi connectivity index (χ4n) is 18.9. The Labute approximate surface area is 760 Å². The molecule has 0 N–H and O–H groups in total. The van der Waals surface area contributed by atoms with Crippen molar-refractivity contribution >= 4 is 133 Å². The molecule has 23 aromatic rings. The van der Waals surface area contributed by atoms with Gasteiger partial charge in [0.2, 0.25) is 0 Å². The highest BCUT2D eigenvalue weighted by Gasteiger charge is 2.24. The lowest BCUT2D eigenvalue weighted by Gasteiger charge is -2.26. The van der Waals surface area contributed by atoms with E-state index in [4.69, 9.17) is 0 Å². The maximum atomic E-state index is 2.39. The van der Waals surface area contributed by atoms with Crippen LogP contribution in [0.5, 0.6) is 0 Å². The number of hydrogen-bond donors (Lipinski definition) is 0. The van der Waals surface area contributed by atoms with Gasteiger partial charge in [0.25, 0.3) is 0 Å². The van der Waals surface area contributed by atoms with Gasteiger partial charge in [-0.25, -0.2) is 0 Å². The summed E-state index contributed by atoms with van der Waals surface area (Å²) in [5, 5.41) is 10.2. The van der Waals surface area contributed by atoms with Crippen LogP contribution in [0.1, 0.15) is 26.3 Å². The first-order chi connectivity index (χ1) is 63.9. The molecule has 0 fully saturated rings. The second kappa shape index (κ2) is 35.9. The summed E-state index contributed by atoms with van der Waals surface area (Å²) >= 11 is 0. The highest BCUT2D eigenvalue weighted by molar-refractivity contribution is 6.13. The maximum Gasteiger partial charge on any atom is 0.0699 e.